The van der Waals surface area contributed by atoms with E-state index in [-0.39, 0.29) is 18.1 Å². The van der Waals surface area contributed by atoms with Crippen molar-refractivity contribution in [1.29, 1.82) is 0 Å². The van der Waals surface area contributed by atoms with Crippen LogP contribution < -0.4 is 0 Å². The lowest BCUT2D eigenvalue weighted by Crippen LogP contribution is -2.48. The summed E-state index contributed by atoms with van der Waals surface area (Å²) in [6.07, 6.45) is 0.543. The Hall–Kier alpha value is -0.780. The second kappa shape index (κ2) is 4.48. The topological polar surface area (TPSA) is 51.1 Å². The molecule has 0 bridgehead atoms. The molecule has 0 aromatic rings. The molecule has 0 saturated carbocycles. The fourth-order valence-electron chi connectivity index (χ4n) is 1.97. The first-order chi connectivity index (χ1) is 7.87. The molecule has 0 spiro atoms. The Bertz CT molecular complexity index is 351. The normalized spacial score (nSPS) is 28.2. The van der Waals surface area contributed by atoms with E-state index in [0.29, 0.717) is 13.1 Å². The van der Waals surface area contributed by atoms with Gasteiger partial charge in [-0.2, -0.15) is 0 Å². The third-order valence-corrected chi connectivity index (χ3v) is 3.52. The van der Waals surface area contributed by atoms with E-state index >= 15 is 0 Å². The minimum atomic E-state index is -0.457. The summed E-state index contributed by atoms with van der Waals surface area (Å²) < 4.78 is 6.19. The van der Waals surface area contributed by atoms with Crippen molar-refractivity contribution < 1.29 is 14.4 Å². The summed E-state index contributed by atoms with van der Waals surface area (Å²) in [6, 6.07) is 0. The van der Waals surface area contributed by atoms with Gasteiger partial charge < -0.3 is 14.5 Å². The van der Waals surface area contributed by atoms with Crippen molar-refractivity contribution in [3.05, 3.63) is 0 Å². The zero-order chi connectivity index (χ0) is 12.6. The molecule has 0 radical (unpaired) electrons. The second-order valence-electron chi connectivity index (χ2n) is 5.38. The predicted molar refractivity (Wildman–Crippen MR) is 67.1 cm³/mol. The number of oxime groups is 1. The third kappa shape index (κ3) is 2.91. The standard InChI is InChI=1S/C11H17BrN2O3/c1-11(2,3)16-10(15)14-5-4-7-8(6-14)17-13-9(7)12/h7-8H,4-6H2,1-3H3. The fourth-order valence-corrected chi connectivity index (χ4v) is 2.58. The molecule has 0 aromatic heterocycles. The first-order valence-electron chi connectivity index (χ1n) is 5.74. The number of amides is 1. The van der Waals surface area contributed by atoms with Crippen molar-refractivity contribution in [1.82, 2.24) is 4.90 Å². The highest BCUT2D eigenvalue weighted by molar-refractivity contribution is 9.18. The van der Waals surface area contributed by atoms with Gasteiger partial charge in [0.05, 0.1) is 12.5 Å². The largest absolute Gasteiger partial charge is 0.444 e. The van der Waals surface area contributed by atoms with Crippen LogP contribution in [0.1, 0.15) is 27.2 Å². The molecule has 0 N–H and O–H groups in total. The van der Waals surface area contributed by atoms with Crippen LogP contribution in [0.4, 0.5) is 4.79 Å². The lowest BCUT2D eigenvalue weighted by atomic mass is 9.96. The Kier molecular flexibility index (Phi) is 3.34. The van der Waals surface area contributed by atoms with Gasteiger partial charge in [0.15, 0.2) is 6.10 Å². The Morgan fingerprint density at radius 1 is 1.59 bits per heavy atom. The maximum atomic E-state index is 11.9. The van der Waals surface area contributed by atoms with Gasteiger partial charge in [-0.05, 0) is 43.1 Å². The van der Waals surface area contributed by atoms with Crippen LogP contribution in [-0.2, 0) is 9.57 Å². The number of nitrogens with zero attached hydrogens (tertiary/aromatic N) is 2. The predicted octanol–water partition coefficient (Wildman–Crippen LogP) is 2.35. The molecule has 96 valence electrons. The highest BCUT2D eigenvalue weighted by Gasteiger charge is 2.40. The number of halogens is 1. The summed E-state index contributed by atoms with van der Waals surface area (Å²) in [5.41, 5.74) is -0.457. The van der Waals surface area contributed by atoms with E-state index in [1.165, 1.54) is 0 Å². The van der Waals surface area contributed by atoms with Crippen LogP contribution in [0.25, 0.3) is 0 Å². The molecule has 1 saturated heterocycles. The van der Waals surface area contributed by atoms with E-state index in [1.54, 1.807) is 4.90 Å². The Balaban J connectivity index is 1.92. The number of hydrogen-bond acceptors (Lipinski definition) is 4. The van der Waals surface area contributed by atoms with Crippen LogP contribution in [0.15, 0.2) is 5.16 Å². The number of rotatable bonds is 0. The van der Waals surface area contributed by atoms with Crippen LogP contribution in [0.3, 0.4) is 0 Å². The van der Waals surface area contributed by atoms with Crippen LogP contribution in [0, 0.1) is 5.92 Å². The van der Waals surface area contributed by atoms with Crippen LogP contribution in [0.2, 0.25) is 0 Å². The molecule has 6 heteroatoms. The van der Waals surface area contributed by atoms with Crippen LogP contribution >= 0.6 is 15.9 Å². The number of hydrogen-bond donors (Lipinski definition) is 0. The van der Waals surface area contributed by atoms with Gasteiger partial charge in [0.25, 0.3) is 0 Å². The molecule has 2 heterocycles. The molecule has 2 aliphatic heterocycles. The molecular weight excluding hydrogens is 288 g/mol. The number of carbonyl (C=O) groups excluding carboxylic acids is 1. The van der Waals surface area contributed by atoms with Gasteiger partial charge in [0.1, 0.15) is 10.2 Å². The number of ether oxygens (including phenoxy) is 1. The molecular formula is C11H17BrN2O3. The molecule has 1 fully saturated rings. The van der Waals surface area contributed by atoms with Gasteiger partial charge in [-0.25, -0.2) is 4.79 Å². The number of carbonyl (C=O) groups is 1. The molecule has 0 aliphatic carbocycles. The maximum Gasteiger partial charge on any atom is 0.410 e. The van der Waals surface area contributed by atoms with Gasteiger partial charge in [-0.3, -0.25) is 0 Å². The lowest BCUT2D eigenvalue weighted by Gasteiger charge is -2.34. The second-order valence-corrected chi connectivity index (χ2v) is 6.19. The van der Waals surface area contributed by atoms with E-state index in [4.69, 9.17) is 9.57 Å². The molecule has 2 aliphatic rings. The van der Waals surface area contributed by atoms with E-state index in [1.807, 2.05) is 20.8 Å². The van der Waals surface area contributed by atoms with Crippen molar-refractivity contribution >= 4 is 26.6 Å². The number of likely N-dealkylation sites (tertiary alicyclic amines) is 1. The van der Waals surface area contributed by atoms with Crippen molar-refractivity contribution in [3.63, 3.8) is 0 Å². The van der Waals surface area contributed by atoms with Crippen molar-refractivity contribution in [2.75, 3.05) is 13.1 Å². The summed E-state index contributed by atoms with van der Waals surface area (Å²) in [7, 11) is 0. The van der Waals surface area contributed by atoms with Gasteiger partial charge in [-0.15, -0.1) is 0 Å². The Labute approximate surface area is 109 Å². The summed E-state index contributed by atoms with van der Waals surface area (Å²) in [5.74, 6) is 0.286. The number of fused-ring (bicyclic) bond motifs is 1. The number of piperidine rings is 1. The van der Waals surface area contributed by atoms with Gasteiger partial charge in [0.2, 0.25) is 0 Å². The van der Waals surface area contributed by atoms with Gasteiger partial charge in [0, 0.05) is 6.54 Å². The molecule has 2 rings (SSSR count). The van der Waals surface area contributed by atoms with Crippen molar-refractivity contribution in [2.45, 2.75) is 38.9 Å². The molecule has 2 unspecified atom stereocenters. The zero-order valence-corrected chi connectivity index (χ0v) is 11.9. The minimum Gasteiger partial charge on any atom is -0.444 e. The molecule has 1 amide bonds. The van der Waals surface area contributed by atoms with E-state index in [2.05, 4.69) is 21.1 Å². The SMILES string of the molecule is CC(C)(C)OC(=O)N1CCC2C(Br)=NOC2C1. The van der Waals surface area contributed by atoms with Crippen LogP contribution in [-0.4, -0.2) is 40.4 Å². The van der Waals surface area contributed by atoms with Crippen molar-refractivity contribution in [3.8, 4) is 0 Å². The molecule has 0 aromatic carbocycles. The molecule has 2 atom stereocenters. The van der Waals surface area contributed by atoms with E-state index in [0.717, 1.165) is 11.0 Å². The van der Waals surface area contributed by atoms with Gasteiger partial charge in [-0.1, -0.05) is 5.16 Å². The highest BCUT2D eigenvalue weighted by atomic mass is 79.9. The van der Waals surface area contributed by atoms with Crippen LogP contribution in [0.5, 0.6) is 0 Å². The minimum absolute atomic E-state index is 0.0364. The summed E-state index contributed by atoms with van der Waals surface area (Å²) in [4.78, 5) is 18.8. The third-order valence-electron chi connectivity index (χ3n) is 2.79. The van der Waals surface area contributed by atoms with Crippen molar-refractivity contribution in [2.24, 2.45) is 11.1 Å². The smallest absolute Gasteiger partial charge is 0.410 e. The first-order valence-corrected chi connectivity index (χ1v) is 6.53. The maximum absolute atomic E-state index is 11.9. The quantitative estimate of drug-likeness (QED) is 0.690. The zero-order valence-electron chi connectivity index (χ0n) is 10.3. The van der Waals surface area contributed by atoms with E-state index in [9.17, 15) is 4.79 Å². The summed E-state index contributed by atoms with van der Waals surface area (Å²) >= 11 is 3.38. The average Bonchev–Trinajstić information content (AvgIpc) is 2.57. The summed E-state index contributed by atoms with van der Waals surface area (Å²) in [5, 5.41) is 3.90. The van der Waals surface area contributed by atoms with Gasteiger partial charge >= 0.3 is 6.09 Å². The Morgan fingerprint density at radius 3 is 2.94 bits per heavy atom. The Morgan fingerprint density at radius 2 is 2.29 bits per heavy atom. The highest BCUT2D eigenvalue weighted by Crippen LogP contribution is 2.30. The molecule has 17 heavy (non-hydrogen) atoms. The molecule has 5 nitrogen and oxygen atoms in total. The van der Waals surface area contributed by atoms with E-state index < -0.39 is 5.60 Å². The lowest BCUT2D eigenvalue weighted by molar-refractivity contribution is -0.0173. The first kappa shape index (κ1) is 12.7. The fraction of sp³-hybridized carbons (Fsp3) is 0.818. The summed E-state index contributed by atoms with van der Waals surface area (Å²) in [6.45, 7) is 6.82. The average molecular weight is 305 g/mol. The monoisotopic (exact) mass is 304 g/mol.